The quantitative estimate of drug-likeness (QED) is 0.608. The predicted molar refractivity (Wildman–Crippen MR) is 59.9 cm³/mol. The zero-order valence-corrected chi connectivity index (χ0v) is 9.96. The Labute approximate surface area is 87.6 Å². The van der Waals surface area contributed by atoms with Gasteiger partial charge in [-0.25, -0.2) is 0 Å². The minimum atomic E-state index is 0.259. The molecule has 0 aromatic carbocycles. The third-order valence-corrected chi connectivity index (χ3v) is 2.17. The van der Waals surface area contributed by atoms with Crippen LogP contribution in [0, 0.1) is 5.41 Å². The summed E-state index contributed by atoms with van der Waals surface area (Å²) < 4.78 is 9.95. The zero-order valence-electron chi connectivity index (χ0n) is 9.96. The second kappa shape index (κ2) is 6.52. The number of allylic oxidation sites excluding steroid dienone is 3. The van der Waals surface area contributed by atoms with E-state index >= 15 is 0 Å². The van der Waals surface area contributed by atoms with Crippen LogP contribution in [0.2, 0.25) is 0 Å². The van der Waals surface area contributed by atoms with E-state index in [4.69, 9.17) is 9.47 Å². The second-order valence-corrected chi connectivity index (χ2v) is 4.20. The molecule has 0 bridgehead atoms. The van der Waals surface area contributed by atoms with Crippen molar-refractivity contribution in [2.75, 3.05) is 14.2 Å². The number of hydrogen-bond acceptors (Lipinski definition) is 2. The van der Waals surface area contributed by atoms with Crippen molar-refractivity contribution in [2.24, 2.45) is 5.41 Å². The van der Waals surface area contributed by atoms with Crippen molar-refractivity contribution in [1.82, 2.24) is 0 Å². The molecular weight excluding hydrogens is 176 g/mol. The fraction of sp³-hybridized carbons (Fsp3) is 0.667. The molecule has 14 heavy (non-hydrogen) atoms. The van der Waals surface area contributed by atoms with Gasteiger partial charge < -0.3 is 9.47 Å². The van der Waals surface area contributed by atoms with Crippen LogP contribution in [0.15, 0.2) is 24.2 Å². The van der Waals surface area contributed by atoms with Gasteiger partial charge in [-0.05, 0) is 37.3 Å². The van der Waals surface area contributed by atoms with Crippen molar-refractivity contribution in [1.29, 1.82) is 0 Å². The van der Waals surface area contributed by atoms with Gasteiger partial charge in [-0.1, -0.05) is 13.8 Å². The molecule has 0 aliphatic carbocycles. The van der Waals surface area contributed by atoms with Crippen molar-refractivity contribution < 1.29 is 9.47 Å². The van der Waals surface area contributed by atoms with Crippen molar-refractivity contribution in [3.05, 3.63) is 24.2 Å². The van der Waals surface area contributed by atoms with E-state index in [-0.39, 0.29) is 5.41 Å². The zero-order chi connectivity index (χ0) is 11.0. The summed E-state index contributed by atoms with van der Waals surface area (Å²) in [5.41, 5.74) is 0.259. The van der Waals surface area contributed by atoms with E-state index in [9.17, 15) is 0 Å². The van der Waals surface area contributed by atoms with Gasteiger partial charge in [0.1, 0.15) is 0 Å². The van der Waals surface area contributed by atoms with Crippen molar-refractivity contribution >= 4 is 0 Å². The van der Waals surface area contributed by atoms with E-state index in [0.29, 0.717) is 0 Å². The summed E-state index contributed by atoms with van der Waals surface area (Å²) in [5, 5.41) is 0. The molecule has 0 N–H and O–H groups in total. The Morgan fingerprint density at radius 1 is 1.21 bits per heavy atom. The van der Waals surface area contributed by atoms with Crippen molar-refractivity contribution in [2.45, 2.75) is 33.6 Å². The fourth-order valence-electron chi connectivity index (χ4n) is 1.05. The van der Waals surface area contributed by atoms with Crippen LogP contribution in [-0.2, 0) is 9.47 Å². The number of rotatable bonds is 6. The largest absolute Gasteiger partial charge is 0.505 e. The normalized spacial score (nSPS) is 13.4. The summed E-state index contributed by atoms with van der Waals surface area (Å²) >= 11 is 0. The Hall–Kier alpha value is -0.920. The summed E-state index contributed by atoms with van der Waals surface area (Å²) in [6.07, 6.45) is 7.93. The molecule has 2 heteroatoms. The monoisotopic (exact) mass is 198 g/mol. The third-order valence-electron chi connectivity index (χ3n) is 2.17. The van der Waals surface area contributed by atoms with Gasteiger partial charge in [0.25, 0.3) is 0 Å². The lowest BCUT2D eigenvalue weighted by atomic mass is 9.85. The second-order valence-electron chi connectivity index (χ2n) is 4.20. The smallest absolute Gasteiger partial charge is 0.0885 e. The average Bonchev–Trinajstić information content (AvgIpc) is 2.14. The molecule has 0 rings (SSSR count). The van der Waals surface area contributed by atoms with Gasteiger partial charge in [0, 0.05) is 0 Å². The van der Waals surface area contributed by atoms with E-state index in [1.807, 2.05) is 6.92 Å². The number of ether oxygens (including phenoxy) is 2. The van der Waals surface area contributed by atoms with Crippen LogP contribution >= 0.6 is 0 Å². The first-order valence-electron chi connectivity index (χ1n) is 4.90. The summed E-state index contributed by atoms with van der Waals surface area (Å²) in [4.78, 5) is 0. The Morgan fingerprint density at radius 2 is 1.86 bits per heavy atom. The van der Waals surface area contributed by atoms with Gasteiger partial charge in [0.15, 0.2) is 0 Å². The molecule has 0 unspecified atom stereocenters. The minimum absolute atomic E-state index is 0.259. The molecule has 0 fully saturated rings. The molecule has 0 heterocycles. The van der Waals surface area contributed by atoms with Crippen LogP contribution in [0.25, 0.3) is 0 Å². The number of hydrogen-bond donors (Lipinski definition) is 0. The van der Waals surface area contributed by atoms with Crippen LogP contribution in [0.1, 0.15) is 33.6 Å². The first kappa shape index (κ1) is 13.1. The van der Waals surface area contributed by atoms with Crippen LogP contribution in [0.4, 0.5) is 0 Å². The first-order chi connectivity index (χ1) is 6.52. The van der Waals surface area contributed by atoms with Gasteiger partial charge in [-0.15, -0.1) is 0 Å². The Morgan fingerprint density at radius 3 is 2.36 bits per heavy atom. The highest BCUT2D eigenvalue weighted by molar-refractivity contribution is 4.94. The summed E-state index contributed by atoms with van der Waals surface area (Å²) in [5.74, 6) is 0.980. The topological polar surface area (TPSA) is 18.5 Å². The molecule has 0 saturated heterocycles. The highest BCUT2D eigenvalue weighted by Crippen LogP contribution is 2.26. The van der Waals surface area contributed by atoms with Gasteiger partial charge in [0.05, 0.1) is 26.2 Å². The Kier molecular flexibility index (Phi) is 6.09. The lowest BCUT2D eigenvalue weighted by Gasteiger charge is -2.20. The molecule has 2 nitrogen and oxygen atoms in total. The standard InChI is InChI=1S/C12H22O2/c1-11(14-5)7-9-12(2,3)8-6-10-13-4/h6-7,10H,8-9H2,1-5H3/b10-6+,11-7-. The predicted octanol–water partition coefficient (Wildman–Crippen LogP) is 3.50. The molecule has 0 saturated carbocycles. The van der Waals surface area contributed by atoms with E-state index in [1.165, 1.54) is 0 Å². The van der Waals surface area contributed by atoms with E-state index in [0.717, 1.165) is 18.6 Å². The summed E-state index contributed by atoms with van der Waals surface area (Å²) in [6.45, 7) is 6.43. The van der Waals surface area contributed by atoms with Crippen LogP contribution in [0.5, 0.6) is 0 Å². The molecular formula is C12H22O2. The molecule has 82 valence electrons. The van der Waals surface area contributed by atoms with Crippen molar-refractivity contribution in [3.63, 3.8) is 0 Å². The third kappa shape index (κ3) is 6.58. The average molecular weight is 198 g/mol. The maximum absolute atomic E-state index is 5.09. The lowest BCUT2D eigenvalue weighted by Crippen LogP contribution is -2.08. The van der Waals surface area contributed by atoms with Gasteiger partial charge in [-0.3, -0.25) is 0 Å². The van der Waals surface area contributed by atoms with Crippen LogP contribution in [0.3, 0.4) is 0 Å². The Balaban J connectivity index is 4.00. The molecule has 0 radical (unpaired) electrons. The molecule has 0 amide bonds. The number of methoxy groups -OCH3 is 2. The van der Waals surface area contributed by atoms with E-state index < -0.39 is 0 Å². The minimum Gasteiger partial charge on any atom is -0.505 e. The lowest BCUT2D eigenvalue weighted by molar-refractivity contribution is 0.284. The van der Waals surface area contributed by atoms with Crippen LogP contribution < -0.4 is 0 Å². The molecule has 0 atom stereocenters. The van der Waals surface area contributed by atoms with Gasteiger partial charge >= 0.3 is 0 Å². The van der Waals surface area contributed by atoms with Crippen molar-refractivity contribution in [3.8, 4) is 0 Å². The summed E-state index contributed by atoms with van der Waals surface area (Å²) in [6, 6.07) is 0. The summed E-state index contributed by atoms with van der Waals surface area (Å²) in [7, 11) is 3.36. The highest BCUT2D eigenvalue weighted by Gasteiger charge is 2.14. The van der Waals surface area contributed by atoms with Gasteiger partial charge in [0.2, 0.25) is 0 Å². The molecule has 0 aliphatic heterocycles. The fourth-order valence-corrected chi connectivity index (χ4v) is 1.05. The van der Waals surface area contributed by atoms with E-state index in [2.05, 4.69) is 26.0 Å². The van der Waals surface area contributed by atoms with Gasteiger partial charge in [-0.2, -0.15) is 0 Å². The first-order valence-corrected chi connectivity index (χ1v) is 4.90. The Bertz CT molecular complexity index is 202. The maximum Gasteiger partial charge on any atom is 0.0885 e. The molecule has 0 aromatic heterocycles. The highest BCUT2D eigenvalue weighted by atomic mass is 16.5. The maximum atomic E-state index is 5.09. The molecule has 0 aliphatic rings. The SMILES string of the molecule is CO/C=C/CC(C)(C)C/C=C(/C)OC. The molecule has 0 spiro atoms. The van der Waals surface area contributed by atoms with E-state index in [1.54, 1.807) is 20.5 Å². The van der Waals surface area contributed by atoms with Crippen LogP contribution in [-0.4, -0.2) is 14.2 Å². The molecule has 0 aromatic rings.